The number of hydrogen-bond acceptors (Lipinski definition) is 15. The molecule has 103 heavy (non-hydrogen) atoms. The molecule has 0 aliphatic carbocycles. The van der Waals surface area contributed by atoms with Crippen LogP contribution in [-0.2, 0) is 65.4 Å². The molecule has 0 saturated heterocycles. The minimum absolute atomic E-state index is 0.106. The molecule has 0 fully saturated rings. The summed E-state index contributed by atoms with van der Waals surface area (Å²) in [4.78, 5) is 72.8. The zero-order chi connectivity index (χ0) is 75.5. The number of aliphatic hydroxyl groups is 1. The fourth-order valence-corrected chi connectivity index (χ4v) is 14.7. The zero-order valence-corrected chi connectivity index (χ0v) is 69.3. The Morgan fingerprint density at radius 2 is 0.466 bits per heavy atom. The standard InChI is InChI=1S/C84H164O17P2/c1-6-10-13-16-18-20-22-24-26-28-30-32-34-36-38-40-42-44-49-53-58-63-68-82(87)95-74-80(101-84(89)69-64-59-54-50-45-43-41-39-37-35-33-31-29-27-25-23-21-19-17-14-11-7-2)76-99-103(92,93)97-72-78(85)71-96-102(90,91)98-75-79(73-94-81(86)67-62-56-15-12-8-3)100-83(88)70-65-60-55-51-47-46-48-52-57-61-66-77(5)9-4/h77-80,85H,6-76H2,1-5H3,(H,90,91)(H,92,93)/t77?,78-,79+,80+/m0/s1. The average Bonchev–Trinajstić information content (AvgIpc) is 0.931. The fraction of sp³-hybridized carbons (Fsp3) is 0.952. The van der Waals surface area contributed by atoms with Gasteiger partial charge in [-0.1, -0.05) is 401 Å². The molecule has 6 atom stereocenters. The van der Waals surface area contributed by atoms with Gasteiger partial charge in [0, 0.05) is 25.7 Å². The molecule has 0 aromatic heterocycles. The number of aliphatic hydroxyl groups excluding tert-OH is 1. The van der Waals surface area contributed by atoms with E-state index < -0.39 is 97.5 Å². The van der Waals surface area contributed by atoms with Gasteiger partial charge in [0.05, 0.1) is 26.4 Å². The van der Waals surface area contributed by atoms with Gasteiger partial charge in [-0.2, -0.15) is 0 Å². The first kappa shape index (κ1) is 101. The number of rotatable bonds is 84. The van der Waals surface area contributed by atoms with E-state index in [1.807, 2.05) is 0 Å². The fourth-order valence-electron chi connectivity index (χ4n) is 13.1. The van der Waals surface area contributed by atoms with Crippen molar-refractivity contribution in [1.82, 2.24) is 0 Å². The minimum atomic E-state index is -4.96. The third-order valence-corrected chi connectivity index (χ3v) is 22.0. The van der Waals surface area contributed by atoms with E-state index in [1.54, 1.807) is 0 Å². The van der Waals surface area contributed by atoms with Crippen LogP contribution in [0.15, 0.2) is 0 Å². The van der Waals surface area contributed by atoms with Gasteiger partial charge in [0.15, 0.2) is 12.2 Å². The van der Waals surface area contributed by atoms with Crippen LogP contribution >= 0.6 is 15.6 Å². The van der Waals surface area contributed by atoms with E-state index in [2.05, 4.69) is 34.6 Å². The van der Waals surface area contributed by atoms with E-state index in [4.69, 9.17) is 37.0 Å². The quantitative estimate of drug-likeness (QED) is 0.0222. The van der Waals surface area contributed by atoms with Crippen LogP contribution < -0.4 is 0 Å². The van der Waals surface area contributed by atoms with E-state index in [1.165, 1.54) is 270 Å². The average molecular weight is 1510 g/mol. The summed E-state index contributed by atoms with van der Waals surface area (Å²) in [7, 11) is -9.91. The highest BCUT2D eigenvalue weighted by Gasteiger charge is 2.30. The van der Waals surface area contributed by atoms with E-state index >= 15 is 0 Å². The van der Waals surface area contributed by atoms with Crippen molar-refractivity contribution in [3.63, 3.8) is 0 Å². The number of phosphoric ester groups is 2. The Labute approximate surface area is 632 Å². The molecule has 0 spiro atoms. The molecule has 19 heteroatoms. The summed E-state index contributed by atoms with van der Waals surface area (Å²) in [5.41, 5.74) is 0. The summed E-state index contributed by atoms with van der Waals surface area (Å²) in [6, 6.07) is 0. The van der Waals surface area contributed by atoms with E-state index in [-0.39, 0.29) is 25.7 Å². The van der Waals surface area contributed by atoms with E-state index in [0.717, 1.165) is 102 Å². The third-order valence-electron chi connectivity index (χ3n) is 20.1. The van der Waals surface area contributed by atoms with Gasteiger partial charge in [-0.25, -0.2) is 9.13 Å². The Kier molecular flexibility index (Phi) is 75.4. The topological polar surface area (TPSA) is 237 Å². The predicted octanol–water partition coefficient (Wildman–Crippen LogP) is 25.6. The maximum absolute atomic E-state index is 13.1. The van der Waals surface area contributed by atoms with Crippen LogP contribution in [0, 0.1) is 5.92 Å². The molecule has 0 bridgehead atoms. The van der Waals surface area contributed by atoms with Crippen LogP contribution in [0.2, 0.25) is 0 Å². The normalized spacial score (nSPS) is 14.1. The van der Waals surface area contributed by atoms with Crippen molar-refractivity contribution < 1.29 is 80.2 Å². The Balaban J connectivity index is 5.09. The molecule has 0 rings (SSSR count). The minimum Gasteiger partial charge on any atom is -0.462 e. The second-order valence-electron chi connectivity index (χ2n) is 30.5. The molecule has 612 valence electrons. The van der Waals surface area contributed by atoms with Crippen LogP contribution in [-0.4, -0.2) is 96.7 Å². The lowest BCUT2D eigenvalue weighted by atomic mass is 9.99. The van der Waals surface area contributed by atoms with Crippen LogP contribution in [0.3, 0.4) is 0 Å². The number of hydrogen-bond donors (Lipinski definition) is 3. The van der Waals surface area contributed by atoms with Crippen molar-refractivity contribution in [2.45, 2.75) is 470 Å². The number of esters is 4. The van der Waals surface area contributed by atoms with Gasteiger partial charge in [0.1, 0.15) is 19.3 Å². The lowest BCUT2D eigenvalue weighted by molar-refractivity contribution is -0.161. The Bertz CT molecular complexity index is 1960. The summed E-state index contributed by atoms with van der Waals surface area (Å²) in [5, 5.41) is 10.6. The highest BCUT2D eigenvalue weighted by atomic mass is 31.2. The Morgan fingerprint density at radius 1 is 0.272 bits per heavy atom. The highest BCUT2D eigenvalue weighted by molar-refractivity contribution is 7.47. The predicted molar refractivity (Wildman–Crippen MR) is 423 cm³/mol. The molecule has 3 unspecified atom stereocenters. The van der Waals surface area contributed by atoms with Gasteiger partial charge in [-0.05, 0) is 31.6 Å². The van der Waals surface area contributed by atoms with Crippen molar-refractivity contribution in [1.29, 1.82) is 0 Å². The van der Waals surface area contributed by atoms with Crippen LogP contribution in [0.4, 0.5) is 0 Å². The Morgan fingerprint density at radius 3 is 0.689 bits per heavy atom. The molecule has 0 amide bonds. The molecule has 0 aromatic carbocycles. The number of ether oxygens (including phenoxy) is 4. The molecule has 0 aliphatic rings. The summed E-state index contributed by atoms with van der Waals surface area (Å²) in [6.07, 6.45) is 70.1. The zero-order valence-electron chi connectivity index (χ0n) is 67.5. The number of phosphoric acid groups is 2. The van der Waals surface area contributed by atoms with E-state index in [0.29, 0.717) is 25.7 Å². The maximum atomic E-state index is 13.1. The first-order chi connectivity index (χ1) is 50.1. The van der Waals surface area contributed by atoms with Crippen molar-refractivity contribution in [2.75, 3.05) is 39.6 Å². The molecule has 0 radical (unpaired) electrons. The summed E-state index contributed by atoms with van der Waals surface area (Å²) in [6.45, 7) is 7.26. The molecule has 0 aliphatic heterocycles. The highest BCUT2D eigenvalue weighted by Crippen LogP contribution is 2.45. The van der Waals surface area contributed by atoms with Crippen molar-refractivity contribution >= 4 is 39.5 Å². The first-order valence-electron chi connectivity index (χ1n) is 43.7. The van der Waals surface area contributed by atoms with Crippen LogP contribution in [0.5, 0.6) is 0 Å². The largest absolute Gasteiger partial charge is 0.472 e. The molecular formula is C84H164O17P2. The van der Waals surface area contributed by atoms with Gasteiger partial charge < -0.3 is 33.8 Å². The summed E-state index contributed by atoms with van der Waals surface area (Å²) in [5.74, 6) is -1.31. The van der Waals surface area contributed by atoms with Crippen LogP contribution in [0.1, 0.15) is 452 Å². The number of carbonyl (C=O) groups excluding carboxylic acids is 4. The van der Waals surface area contributed by atoms with Gasteiger partial charge in [0.25, 0.3) is 0 Å². The van der Waals surface area contributed by atoms with Crippen molar-refractivity contribution in [2.24, 2.45) is 5.92 Å². The second-order valence-corrected chi connectivity index (χ2v) is 33.4. The van der Waals surface area contributed by atoms with Crippen molar-refractivity contribution in [3.05, 3.63) is 0 Å². The smallest absolute Gasteiger partial charge is 0.462 e. The molecule has 0 aromatic rings. The molecular weight excluding hydrogens is 1340 g/mol. The maximum Gasteiger partial charge on any atom is 0.472 e. The SMILES string of the molecule is CCCCCCCCCCCCCCCCCCCCCCCCC(=O)OC[C@H](COP(=O)(O)OC[C@@H](O)COP(=O)(O)OC[C@@H](COC(=O)CCCCCCC)OC(=O)CCCCCCCCCCCCC(C)CC)OC(=O)CCCCCCCCCCCCCCCCCCCCCCCC. The van der Waals surface area contributed by atoms with Gasteiger partial charge in [0.2, 0.25) is 0 Å². The lowest BCUT2D eigenvalue weighted by Crippen LogP contribution is -2.30. The number of unbranched alkanes of at least 4 members (excludes halogenated alkanes) is 55. The summed E-state index contributed by atoms with van der Waals surface area (Å²) < 4.78 is 68.5. The van der Waals surface area contributed by atoms with Gasteiger partial charge >= 0.3 is 39.5 Å². The van der Waals surface area contributed by atoms with Gasteiger partial charge in [-0.3, -0.25) is 37.3 Å². The monoisotopic (exact) mass is 1510 g/mol. The van der Waals surface area contributed by atoms with Gasteiger partial charge in [-0.15, -0.1) is 0 Å². The second kappa shape index (κ2) is 76.8. The molecule has 0 saturated carbocycles. The Hall–Kier alpha value is -1.94. The number of carbonyl (C=O) groups is 4. The van der Waals surface area contributed by atoms with E-state index in [9.17, 15) is 43.2 Å². The van der Waals surface area contributed by atoms with Crippen LogP contribution in [0.25, 0.3) is 0 Å². The molecule has 3 N–H and O–H groups in total. The molecule has 0 heterocycles. The lowest BCUT2D eigenvalue weighted by Gasteiger charge is -2.21. The first-order valence-corrected chi connectivity index (χ1v) is 46.7. The third kappa shape index (κ3) is 76.6. The molecule has 17 nitrogen and oxygen atoms in total. The summed E-state index contributed by atoms with van der Waals surface area (Å²) >= 11 is 0. The van der Waals surface area contributed by atoms with Crippen molar-refractivity contribution in [3.8, 4) is 0 Å².